The van der Waals surface area contributed by atoms with Gasteiger partial charge in [0.25, 0.3) is 0 Å². The van der Waals surface area contributed by atoms with Crippen LogP contribution in [0.2, 0.25) is 0 Å². The van der Waals surface area contributed by atoms with E-state index in [1.165, 1.54) is 12.0 Å². The van der Waals surface area contributed by atoms with E-state index in [1.807, 2.05) is 24.1 Å². The normalized spacial score (nSPS) is 28.9. The average molecular weight is 415 g/mol. The van der Waals surface area contributed by atoms with Gasteiger partial charge in [-0.1, -0.05) is 37.5 Å². The van der Waals surface area contributed by atoms with Crippen molar-refractivity contribution in [2.45, 2.75) is 76.4 Å². The first kappa shape index (κ1) is 21.6. The number of likely N-dealkylation sites (tertiary alicyclic amines) is 1. The number of carbonyl (C=O) groups is 1. The Balaban J connectivity index is 1.44. The molecule has 0 aromatic heterocycles. The molecule has 2 unspecified atom stereocenters. The van der Waals surface area contributed by atoms with Crippen LogP contribution in [0, 0.1) is 5.41 Å². The molecule has 5 heteroatoms. The Morgan fingerprint density at radius 3 is 2.57 bits per heavy atom. The molecule has 1 aromatic rings. The summed E-state index contributed by atoms with van der Waals surface area (Å²) in [7, 11) is 1.93. The number of aliphatic hydroxyl groups is 1. The van der Waals surface area contributed by atoms with Crippen molar-refractivity contribution in [3.63, 3.8) is 0 Å². The Morgan fingerprint density at radius 2 is 1.77 bits per heavy atom. The van der Waals surface area contributed by atoms with Gasteiger partial charge in [-0.3, -0.25) is 9.69 Å². The van der Waals surface area contributed by atoms with Crippen LogP contribution < -0.4 is 4.74 Å². The zero-order valence-corrected chi connectivity index (χ0v) is 18.5. The molecule has 1 amide bonds. The number of likely N-dealkylation sites (N-methyl/N-ethyl adjacent to an activating group) is 1. The van der Waals surface area contributed by atoms with E-state index in [1.54, 1.807) is 0 Å². The van der Waals surface area contributed by atoms with Gasteiger partial charge < -0.3 is 14.7 Å². The van der Waals surface area contributed by atoms with Gasteiger partial charge in [-0.2, -0.15) is 0 Å². The standard InChI is InChI=1S/C25H38N2O3/c1-26-18-19-30-23-12-5-2-8-20(23)9-6-7-13-25(24(26)29)14-16-27(17-15-25)21-10-3-4-11-22(21)28/h2,5,8,12,21-22,28H,3-4,6-7,9-11,13-19H2,1H3. The average Bonchev–Trinajstić information content (AvgIpc) is 2.77. The molecule has 0 bridgehead atoms. The first-order valence-corrected chi connectivity index (χ1v) is 12.0. The van der Waals surface area contributed by atoms with E-state index in [9.17, 15) is 9.90 Å². The maximum absolute atomic E-state index is 13.5. The van der Waals surface area contributed by atoms with Crippen LogP contribution in [0.4, 0.5) is 0 Å². The van der Waals surface area contributed by atoms with Gasteiger partial charge in [0.15, 0.2) is 0 Å². The number of hydrogen-bond acceptors (Lipinski definition) is 4. The summed E-state index contributed by atoms with van der Waals surface area (Å²) in [6.07, 6.45) is 10.2. The number of benzene rings is 1. The third kappa shape index (κ3) is 4.67. The van der Waals surface area contributed by atoms with Gasteiger partial charge in [-0.15, -0.1) is 0 Å². The van der Waals surface area contributed by atoms with Crippen molar-refractivity contribution in [1.82, 2.24) is 9.80 Å². The van der Waals surface area contributed by atoms with Crippen LogP contribution in [0.15, 0.2) is 24.3 Å². The summed E-state index contributed by atoms with van der Waals surface area (Å²) in [4.78, 5) is 17.9. The number of fused-ring (bicyclic) bond motifs is 1. The summed E-state index contributed by atoms with van der Waals surface area (Å²) in [5.74, 6) is 1.26. The molecule has 166 valence electrons. The summed E-state index contributed by atoms with van der Waals surface area (Å²) in [5, 5.41) is 10.5. The number of carbonyl (C=O) groups excluding carboxylic acids is 1. The lowest BCUT2D eigenvalue weighted by Crippen LogP contribution is -2.54. The highest BCUT2D eigenvalue weighted by atomic mass is 16.5. The molecule has 2 aliphatic heterocycles. The molecular weight excluding hydrogens is 376 g/mol. The number of para-hydroxylation sites is 1. The monoisotopic (exact) mass is 414 g/mol. The molecule has 1 aliphatic carbocycles. The quantitative estimate of drug-likeness (QED) is 0.762. The van der Waals surface area contributed by atoms with E-state index >= 15 is 0 Å². The number of ether oxygens (including phenoxy) is 1. The lowest BCUT2D eigenvalue weighted by atomic mass is 9.72. The number of aliphatic hydroxyl groups excluding tert-OH is 1. The number of nitrogens with zero attached hydrogens (tertiary/aromatic N) is 2. The van der Waals surface area contributed by atoms with Crippen molar-refractivity contribution >= 4 is 5.91 Å². The highest BCUT2D eigenvalue weighted by Crippen LogP contribution is 2.40. The molecule has 2 heterocycles. The van der Waals surface area contributed by atoms with Gasteiger partial charge in [-0.05, 0) is 69.7 Å². The summed E-state index contributed by atoms with van der Waals surface area (Å²) in [5.41, 5.74) is 1.03. The zero-order chi connectivity index (χ0) is 21.0. The Hall–Kier alpha value is -1.59. The molecule has 2 atom stereocenters. The summed E-state index contributed by atoms with van der Waals surface area (Å²) >= 11 is 0. The molecule has 0 radical (unpaired) electrons. The van der Waals surface area contributed by atoms with E-state index in [2.05, 4.69) is 17.0 Å². The number of piperidine rings is 1. The van der Waals surface area contributed by atoms with E-state index < -0.39 is 0 Å². The smallest absolute Gasteiger partial charge is 0.228 e. The van der Waals surface area contributed by atoms with Crippen LogP contribution in [-0.2, 0) is 11.2 Å². The molecule has 5 nitrogen and oxygen atoms in total. The van der Waals surface area contributed by atoms with E-state index in [0.29, 0.717) is 25.1 Å². The van der Waals surface area contributed by atoms with Crippen LogP contribution in [-0.4, -0.2) is 66.2 Å². The predicted molar refractivity (Wildman–Crippen MR) is 119 cm³/mol. The molecule has 1 aromatic carbocycles. The molecule has 1 spiro atoms. The van der Waals surface area contributed by atoms with Gasteiger partial charge in [0, 0.05) is 13.1 Å². The minimum absolute atomic E-state index is 0.195. The molecule has 4 rings (SSSR count). The Labute approximate surface area is 181 Å². The predicted octanol–water partition coefficient (Wildman–Crippen LogP) is 3.64. The Morgan fingerprint density at radius 1 is 1.00 bits per heavy atom. The summed E-state index contributed by atoms with van der Waals surface area (Å²) < 4.78 is 6.03. The molecule has 1 N–H and O–H groups in total. The second-order valence-electron chi connectivity index (χ2n) is 9.63. The third-order valence-electron chi connectivity index (χ3n) is 7.73. The first-order valence-electron chi connectivity index (χ1n) is 12.0. The van der Waals surface area contributed by atoms with Crippen LogP contribution in [0.1, 0.15) is 63.4 Å². The second kappa shape index (κ2) is 9.69. The Bertz CT molecular complexity index is 714. The maximum atomic E-state index is 13.5. The van der Waals surface area contributed by atoms with Crippen LogP contribution in [0.5, 0.6) is 5.75 Å². The first-order chi connectivity index (χ1) is 14.6. The molecule has 2 fully saturated rings. The highest BCUT2D eigenvalue weighted by molar-refractivity contribution is 5.82. The largest absolute Gasteiger partial charge is 0.491 e. The third-order valence-corrected chi connectivity index (χ3v) is 7.73. The molecule has 1 saturated carbocycles. The fourth-order valence-corrected chi connectivity index (χ4v) is 5.80. The van der Waals surface area contributed by atoms with Crippen molar-refractivity contribution in [2.75, 3.05) is 33.3 Å². The Kier molecular flexibility index (Phi) is 6.99. The van der Waals surface area contributed by atoms with Crippen LogP contribution in [0.3, 0.4) is 0 Å². The lowest BCUT2D eigenvalue weighted by Gasteiger charge is -2.47. The summed E-state index contributed by atoms with van der Waals surface area (Å²) in [6.45, 7) is 3.02. The zero-order valence-electron chi connectivity index (χ0n) is 18.5. The fourth-order valence-electron chi connectivity index (χ4n) is 5.80. The van der Waals surface area contributed by atoms with Crippen molar-refractivity contribution in [2.24, 2.45) is 5.41 Å². The van der Waals surface area contributed by atoms with Gasteiger partial charge in [0.05, 0.1) is 18.1 Å². The SMILES string of the molecule is CN1CCOc2ccccc2CCCCC2(CCN(C3CCCCC3O)CC2)C1=O. The van der Waals surface area contributed by atoms with Gasteiger partial charge in [0.2, 0.25) is 5.91 Å². The number of rotatable bonds is 1. The second-order valence-corrected chi connectivity index (χ2v) is 9.63. The van der Waals surface area contributed by atoms with Crippen molar-refractivity contribution < 1.29 is 14.6 Å². The minimum Gasteiger partial charge on any atom is -0.491 e. The van der Waals surface area contributed by atoms with Crippen molar-refractivity contribution in [1.29, 1.82) is 0 Å². The van der Waals surface area contributed by atoms with E-state index in [-0.39, 0.29) is 11.5 Å². The van der Waals surface area contributed by atoms with Gasteiger partial charge in [0.1, 0.15) is 12.4 Å². The lowest BCUT2D eigenvalue weighted by molar-refractivity contribution is -0.146. The number of aryl methyl sites for hydroxylation is 1. The van der Waals surface area contributed by atoms with E-state index in [0.717, 1.165) is 76.6 Å². The van der Waals surface area contributed by atoms with Crippen molar-refractivity contribution in [3.05, 3.63) is 29.8 Å². The topological polar surface area (TPSA) is 53.0 Å². The maximum Gasteiger partial charge on any atom is 0.228 e. The van der Waals surface area contributed by atoms with Crippen LogP contribution in [0.25, 0.3) is 0 Å². The number of amides is 1. The molecule has 1 saturated heterocycles. The molecule has 30 heavy (non-hydrogen) atoms. The summed E-state index contributed by atoms with van der Waals surface area (Å²) in [6, 6.07) is 8.60. The fraction of sp³-hybridized carbons (Fsp3) is 0.720. The molecule has 3 aliphatic rings. The number of hydrogen-bond donors (Lipinski definition) is 1. The van der Waals surface area contributed by atoms with Gasteiger partial charge >= 0.3 is 0 Å². The van der Waals surface area contributed by atoms with Crippen molar-refractivity contribution in [3.8, 4) is 5.75 Å². The molecular formula is C25H38N2O3. The minimum atomic E-state index is -0.246. The highest BCUT2D eigenvalue weighted by Gasteiger charge is 2.44. The van der Waals surface area contributed by atoms with E-state index in [4.69, 9.17) is 4.74 Å². The van der Waals surface area contributed by atoms with Crippen LogP contribution >= 0.6 is 0 Å². The van der Waals surface area contributed by atoms with Gasteiger partial charge in [-0.25, -0.2) is 0 Å².